The molecule has 2 saturated heterocycles. The van der Waals surface area contributed by atoms with Crippen molar-refractivity contribution in [2.75, 3.05) is 31.3 Å². The van der Waals surface area contributed by atoms with E-state index in [1.54, 1.807) is 0 Å². The quantitative estimate of drug-likeness (QED) is 0.601. The van der Waals surface area contributed by atoms with Crippen molar-refractivity contribution >= 4 is 9.84 Å². The van der Waals surface area contributed by atoms with Crippen molar-refractivity contribution in [3.05, 3.63) is 0 Å². The van der Waals surface area contributed by atoms with Crippen LogP contribution in [0.2, 0.25) is 0 Å². The average Bonchev–Trinajstić information content (AvgIpc) is 2.59. The zero-order valence-electron chi connectivity index (χ0n) is 8.42. The van der Waals surface area contributed by atoms with Gasteiger partial charge in [0.05, 0.1) is 30.8 Å². The molecule has 2 fully saturated rings. The summed E-state index contributed by atoms with van der Waals surface area (Å²) in [5, 5.41) is 8.93. The molecule has 0 spiro atoms. The van der Waals surface area contributed by atoms with Crippen molar-refractivity contribution in [2.45, 2.75) is 18.5 Å². The highest BCUT2D eigenvalue weighted by Gasteiger charge is 2.36. The van der Waals surface area contributed by atoms with Crippen LogP contribution in [-0.4, -0.2) is 56.7 Å². The van der Waals surface area contributed by atoms with Crippen molar-refractivity contribution in [1.29, 1.82) is 5.26 Å². The second-order valence-electron chi connectivity index (χ2n) is 4.01. The van der Waals surface area contributed by atoms with Crippen molar-refractivity contribution in [1.82, 2.24) is 4.90 Å². The third kappa shape index (κ3) is 2.30. The van der Waals surface area contributed by atoms with Gasteiger partial charge in [0.25, 0.3) is 0 Å². The third-order valence-electron chi connectivity index (χ3n) is 3.00. The van der Waals surface area contributed by atoms with Gasteiger partial charge in [-0.3, -0.25) is 4.90 Å². The number of morpholine rings is 1. The molecule has 0 radical (unpaired) electrons. The van der Waals surface area contributed by atoms with Crippen LogP contribution in [0, 0.1) is 11.3 Å². The van der Waals surface area contributed by atoms with Crippen molar-refractivity contribution in [3.63, 3.8) is 0 Å². The minimum absolute atomic E-state index is 0.0172. The molecule has 2 unspecified atom stereocenters. The SMILES string of the molecule is N#CC1COCCN1C1CCS(=O)(=O)C1. The van der Waals surface area contributed by atoms with Gasteiger partial charge < -0.3 is 4.74 Å². The zero-order chi connectivity index (χ0) is 10.9. The number of nitrogens with zero attached hydrogens (tertiary/aromatic N) is 2. The van der Waals surface area contributed by atoms with Gasteiger partial charge in [-0.1, -0.05) is 0 Å². The van der Waals surface area contributed by atoms with E-state index in [0.29, 0.717) is 26.2 Å². The van der Waals surface area contributed by atoms with Crippen LogP contribution in [0.4, 0.5) is 0 Å². The van der Waals surface area contributed by atoms with E-state index in [0.717, 1.165) is 0 Å². The molecule has 0 bridgehead atoms. The zero-order valence-corrected chi connectivity index (χ0v) is 9.24. The van der Waals surface area contributed by atoms with E-state index in [1.807, 2.05) is 4.90 Å². The second kappa shape index (κ2) is 4.08. The summed E-state index contributed by atoms with van der Waals surface area (Å²) in [5.41, 5.74) is 0. The van der Waals surface area contributed by atoms with Gasteiger partial charge in [-0.2, -0.15) is 5.26 Å². The molecule has 0 saturated carbocycles. The Morgan fingerprint density at radius 1 is 1.47 bits per heavy atom. The van der Waals surface area contributed by atoms with E-state index >= 15 is 0 Å². The molecule has 0 amide bonds. The van der Waals surface area contributed by atoms with Crippen LogP contribution >= 0.6 is 0 Å². The molecule has 2 atom stereocenters. The number of hydrogen-bond donors (Lipinski definition) is 0. The summed E-state index contributed by atoms with van der Waals surface area (Å²) in [6.07, 6.45) is 0.653. The molecule has 0 aliphatic carbocycles. The minimum Gasteiger partial charge on any atom is -0.377 e. The van der Waals surface area contributed by atoms with E-state index in [9.17, 15) is 8.42 Å². The molecule has 15 heavy (non-hydrogen) atoms. The lowest BCUT2D eigenvalue weighted by Gasteiger charge is -2.35. The fourth-order valence-corrected chi connectivity index (χ4v) is 3.94. The predicted molar refractivity (Wildman–Crippen MR) is 54.0 cm³/mol. The Labute approximate surface area is 89.5 Å². The first-order chi connectivity index (χ1) is 7.12. The van der Waals surface area contributed by atoms with Gasteiger partial charge in [0, 0.05) is 12.6 Å². The Morgan fingerprint density at radius 2 is 2.27 bits per heavy atom. The Bertz CT molecular complexity index is 373. The summed E-state index contributed by atoms with van der Waals surface area (Å²) >= 11 is 0. The third-order valence-corrected chi connectivity index (χ3v) is 4.75. The molecule has 0 N–H and O–H groups in total. The first-order valence-corrected chi connectivity index (χ1v) is 6.88. The van der Waals surface area contributed by atoms with Crippen LogP contribution in [-0.2, 0) is 14.6 Å². The Balaban J connectivity index is 2.07. The number of ether oxygens (including phenoxy) is 1. The highest BCUT2D eigenvalue weighted by Crippen LogP contribution is 2.21. The average molecular weight is 230 g/mol. The van der Waals surface area contributed by atoms with Crippen LogP contribution in [0.5, 0.6) is 0 Å². The highest BCUT2D eigenvalue weighted by atomic mass is 32.2. The second-order valence-corrected chi connectivity index (χ2v) is 6.24. The monoisotopic (exact) mass is 230 g/mol. The van der Waals surface area contributed by atoms with E-state index in [4.69, 9.17) is 10.00 Å². The molecule has 5 nitrogen and oxygen atoms in total. The Morgan fingerprint density at radius 3 is 2.87 bits per heavy atom. The molecular formula is C9H14N2O3S. The lowest BCUT2D eigenvalue weighted by Crippen LogP contribution is -2.50. The smallest absolute Gasteiger partial charge is 0.151 e. The summed E-state index contributed by atoms with van der Waals surface area (Å²) in [4.78, 5) is 1.98. The Kier molecular flexibility index (Phi) is 2.96. The molecule has 2 rings (SSSR count). The van der Waals surface area contributed by atoms with Gasteiger partial charge in [0.1, 0.15) is 6.04 Å². The van der Waals surface area contributed by atoms with Gasteiger partial charge in [-0.15, -0.1) is 0 Å². The Hall–Kier alpha value is -0.640. The summed E-state index contributed by atoms with van der Waals surface area (Å²) < 4.78 is 27.9. The van der Waals surface area contributed by atoms with Crippen molar-refractivity contribution in [3.8, 4) is 6.07 Å². The van der Waals surface area contributed by atoms with Crippen LogP contribution in [0.1, 0.15) is 6.42 Å². The minimum atomic E-state index is -2.87. The maximum absolute atomic E-state index is 11.3. The van der Waals surface area contributed by atoms with E-state index in [1.165, 1.54) is 0 Å². The molecule has 2 aliphatic rings. The van der Waals surface area contributed by atoms with Crippen molar-refractivity contribution < 1.29 is 13.2 Å². The van der Waals surface area contributed by atoms with Crippen LogP contribution < -0.4 is 0 Å². The number of sulfone groups is 1. The molecular weight excluding hydrogens is 216 g/mol. The molecule has 0 aromatic rings. The number of hydrogen-bond acceptors (Lipinski definition) is 5. The van der Waals surface area contributed by atoms with Gasteiger partial charge in [0.2, 0.25) is 0 Å². The van der Waals surface area contributed by atoms with Crippen LogP contribution in [0.25, 0.3) is 0 Å². The molecule has 0 aromatic heterocycles. The molecule has 6 heteroatoms. The standard InChI is InChI=1S/C9H14N2O3S/c10-5-9-6-14-3-2-11(9)8-1-4-15(12,13)7-8/h8-9H,1-4,6-7H2. The maximum Gasteiger partial charge on any atom is 0.151 e. The summed E-state index contributed by atoms with van der Waals surface area (Å²) in [6.45, 7) is 1.65. The molecule has 0 aromatic carbocycles. The van der Waals surface area contributed by atoms with E-state index in [-0.39, 0.29) is 23.6 Å². The fraction of sp³-hybridized carbons (Fsp3) is 0.889. The first-order valence-electron chi connectivity index (χ1n) is 5.06. The lowest BCUT2D eigenvalue weighted by molar-refractivity contribution is -0.00374. The molecule has 2 aliphatic heterocycles. The maximum atomic E-state index is 11.3. The predicted octanol–water partition coefficient (Wildman–Crippen LogP) is -0.602. The topological polar surface area (TPSA) is 70.4 Å². The van der Waals surface area contributed by atoms with E-state index in [2.05, 4.69) is 6.07 Å². The summed E-state index contributed by atoms with van der Waals surface area (Å²) in [5.74, 6) is 0.457. The molecule has 2 heterocycles. The van der Waals surface area contributed by atoms with Gasteiger partial charge in [-0.25, -0.2) is 8.42 Å². The van der Waals surface area contributed by atoms with Gasteiger partial charge in [0.15, 0.2) is 9.84 Å². The summed E-state index contributed by atoms with van der Waals surface area (Å²) in [6, 6.07) is 1.90. The van der Waals surface area contributed by atoms with E-state index < -0.39 is 9.84 Å². The number of nitriles is 1. The first kappa shape index (κ1) is 10.9. The van der Waals surface area contributed by atoms with Crippen LogP contribution in [0.3, 0.4) is 0 Å². The molecule has 84 valence electrons. The summed E-state index contributed by atoms with van der Waals surface area (Å²) in [7, 11) is -2.87. The van der Waals surface area contributed by atoms with Gasteiger partial charge in [-0.05, 0) is 6.42 Å². The highest BCUT2D eigenvalue weighted by molar-refractivity contribution is 7.91. The fourth-order valence-electron chi connectivity index (χ4n) is 2.20. The van der Waals surface area contributed by atoms with Gasteiger partial charge >= 0.3 is 0 Å². The number of rotatable bonds is 1. The van der Waals surface area contributed by atoms with Crippen molar-refractivity contribution in [2.24, 2.45) is 0 Å². The lowest BCUT2D eigenvalue weighted by atomic mass is 10.1. The largest absolute Gasteiger partial charge is 0.377 e. The normalized spacial score (nSPS) is 36.2. The van der Waals surface area contributed by atoms with Crippen LogP contribution in [0.15, 0.2) is 0 Å².